The molecule has 1 aromatic rings. The molecular formula is C19H23FN2O3. The van der Waals surface area contributed by atoms with E-state index in [2.05, 4.69) is 11.4 Å². The minimum atomic E-state index is -1.28. The van der Waals surface area contributed by atoms with Gasteiger partial charge in [-0.3, -0.25) is 4.79 Å². The quantitative estimate of drug-likeness (QED) is 0.873. The molecule has 3 unspecified atom stereocenters. The highest BCUT2D eigenvalue weighted by Gasteiger charge is 2.57. The van der Waals surface area contributed by atoms with Gasteiger partial charge in [-0.15, -0.1) is 0 Å². The highest BCUT2D eigenvalue weighted by Crippen LogP contribution is 2.53. The third-order valence-electron chi connectivity index (χ3n) is 5.27. The number of allylic oxidation sites excluding steroid dienone is 2. The molecule has 0 aromatic heterocycles. The Balaban J connectivity index is 2.89. The number of halogens is 1. The highest BCUT2D eigenvalue weighted by atomic mass is 19.1. The maximum atomic E-state index is 13.7. The summed E-state index contributed by atoms with van der Waals surface area (Å²) in [5.41, 5.74) is 0.183. The first-order valence-electron chi connectivity index (χ1n) is 8.15. The van der Waals surface area contributed by atoms with Crippen molar-refractivity contribution < 1.29 is 19.0 Å². The fraction of sp³-hybridized carbons (Fsp3) is 0.474. The third-order valence-corrected chi connectivity index (χ3v) is 5.27. The van der Waals surface area contributed by atoms with E-state index in [9.17, 15) is 19.6 Å². The minimum Gasteiger partial charge on any atom is -0.496 e. The van der Waals surface area contributed by atoms with Gasteiger partial charge in [-0.1, -0.05) is 19.9 Å². The Labute approximate surface area is 147 Å². The maximum absolute atomic E-state index is 13.7. The van der Waals surface area contributed by atoms with Gasteiger partial charge in [-0.25, -0.2) is 4.39 Å². The molecule has 0 spiro atoms. The van der Waals surface area contributed by atoms with Crippen molar-refractivity contribution in [3.63, 3.8) is 0 Å². The zero-order chi connectivity index (χ0) is 18.9. The Kier molecular flexibility index (Phi) is 5.07. The highest BCUT2D eigenvalue weighted by molar-refractivity contribution is 5.80. The summed E-state index contributed by atoms with van der Waals surface area (Å²) in [6, 6.07) is 5.73. The monoisotopic (exact) mass is 346 g/mol. The lowest BCUT2D eigenvalue weighted by Gasteiger charge is -2.49. The number of methoxy groups -OCH3 is 1. The van der Waals surface area contributed by atoms with Gasteiger partial charge in [0.15, 0.2) is 0 Å². The van der Waals surface area contributed by atoms with Crippen LogP contribution in [0, 0.1) is 28.5 Å². The Morgan fingerprint density at radius 1 is 1.48 bits per heavy atom. The number of hydrogen-bond donors (Lipinski definition) is 2. The van der Waals surface area contributed by atoms with Crippen molar-refractivity contribution in [3.8, 4) is 11.8 Å². The standard InChI is InChI=1S/C19H23FN2O3/c1-10(2)19(18(23)24)12(4)22-11(3)15(9-21)17(19)14-7-6-13(20)8-16(14)25-5/h6-8,10,12,17,22H,1-5H3,(H,23,24). The van der Waals surface area contributed by atoms with Crippen molar-refractivity contribution in [2.75, 3.05) is 7.11 Å². The molecule has 1 aromatic carbocycles. The normalized spacial score (nSPS) is 26.2. The van der Waals surface area contributed by atoms with Gasteiger partial charge < -0.3 is 15.2 Å². The Bertz CT molecular complexity index is 766. The summed E-state index contributed by atoms with van der Waals surface area (Å²) in [5.74, 6) is -2.28. The van der Waals surface area contributed by atoms with Crippen molar-refractivity contribution in [2.45, 2.75) is 39.7 Å². The summed E-state index contributed by atoms with van der Waals surface area (Å²) in [4.78, 5) is 12.5. The average Bonchev–Trinajstić information content (AvgIpc) is 2.53. The first kappa shape index (κ1) is 18.8. The fourth-order valence-electron chi connectivity index (χ4n) is 4.10. The van der Waals surface area contributed by atoms with Crippen molar-refractivity contribution in [2.24, 2.45) is 11.3 Å². The molecule has 2 rings (SSSR count). The van der Waals surface area contributed by atoms with Crippen LogP contribution in [0.25, 0.3) is 0 Å². The topological polar surface area (TPSA) is 82.3 Å². The Morgan fingerprint density at radius 3 is 2.60 bits per heavy atom. The van der Waals surface area contributed by atoms with Crippen LogP contribution in [-0.2, 0) is 4.79 Å². The van der Waals surface area contributed by atoms with Gasteiger partial charge in [0.2, 0.25) is 0 Å². The van der Waals surface area contributed by atoms with Crippen LogP contribution >= 0.6 is 0 Å². The van der Waals surface area contributed by atoms with Gasteiger partial charge in [-0.2, -0.15) is 5.26 Å². The molecule has 0 saturated carbocycles. The Morgan fingerprint density at radius 2 is 2.12 bits per heavy atom. The fourth-order valence-corrected chi connectivity index (χ4v) is 4.10. The first-order chi connectivity index (χ1) is 11.7. The lowest BCUT2D eigenvalue weighted by molar-refractivity contribution is -0.156. The predicted octanol–water partition coefficient (Wildman–Crippen LogP) is 3.43. The van der Waals surface area contributed by atoms with E-state index in [1.807, 2.05) is 13.8 Å². The molecule has 0 radical (unpaired) electrons. The van der Waals surface area contributed by atoms with Crippen LogP contribution in [0.4, 0.5) is 4.39 Å². The summed E-state index contributed by atoms with van der Waals surface area (Å²) >= 11 is 0. The molecule has 1 aliphatic rings. The van der Waals surface area contributed by atoms with Crippen LogP contribution in [0.2, 0.25) is 0 Å². The van der Waals surface area contributed by atoms with Crippen LogP contribution < -0.4 is 10.1 Å². The van der Waals surface area contributed by atoms with Crippen LogP contribution in [0.15, 0.2) is 29.5 Å². The second-order valence-electron chi connectivity index (χ2n) is 6.73. The van der Waals surface area contributed by atoms with Crippen LogP contribution in [0.3, 0.4) is 0 Å². The second-order valence-corrected chi connectivity index (χ2v) is 6.73. The number of ether oxygens (including phenoxy) is 1. The van der Waals surface area contributed by atoms with Crippen molar-refractivity contribution in [3.05, 3.63) is 40.8 Å². The van der Waals surface area contributed by atoms with Crippen LogP contribution in [-0.4, -0.2) is 24.2 Å². The SMILES string of the molecule is COc1cc(F)ccc1C1C(C#N)=C(C)NC(C)C1(C(=O)O)C(C)C. The molecular weight excluding hydrogens is 323 g/mol. The number of carboxylic acids is 1. The molecule has 1 aliphatic heterocycles. The Hall–Kier alpha value is -2.55. The number of nitrogens with one attached hydrogen (secondary N) is 1. The summed E-state index contributed by atoms with van der Waals surface area (Å²) in [6.07, 6.45) is 0. The van der Waals surface area contributed by atoms with Gasteiger partial charge in [-0.05, 0) is 25.8 Å². The van der Waals surface area contributed by atoms with Crippen molar-refractivity contribution >= 4 is 5.97 Å². The molecule has 0 aliphatic carbocycles. The number of hydrogen-bond acceptors (Lipinski definition) is 4. The number of carboxylic acid groups (broad SMARTS) is 1. The van der Waals surface area contributed by atoms with Crippen molar-refractivity contribution in [1.82, 2.24) is 5.32 Å². The average molecular weight is 346 g/mol. The van der Waals surface area contributed by atoms with E-state index in [-0.39, 0.29) is 11.7 Å². The number of rotatable bonds is 4. The molecule has 1 heterocycles. The molecule has 134 valence electrons. The molecule has 3 atom stereocenters. The molecule has 2 N–H and O–H groups in total. The van der Waals surface area contributed by atoms with Gasteiger partial charge in [0.05, 0.1) is 18.8 Å². The zero-order valence-electron chi connectivity index (χ0n) is 15.1. The van der Waals surface area contributed by atoms with E-state index in [0.717, 1.165) is 0 Å². The predicted molar refractivity (Wildman–Crippen MR) is 91.5 cm³/mol. The van der Waals surface area contributed by atoms with E-state index >= 15 is 0 Å². The van der Waals surface area contributed by atoms with Gasteiger partial charge in [0.1, 0.15) is 17.0 Å². The first-order valence-corrected chi connectivity index (χ1v) is 8.15. The van der Waals surface area contributed by atoms with Gasteiger partial charge >= 0.3 is 5.97 Å². The summed E-state index contributed by atoms with van der Waals surface area (Å²) < 4.78 is 19.0. The number of benzene rings is 1. The lowest BCUT2D eigenvalue weighted by Crippen LogP contribution is -2.58. The van der Waals surface area contributed by atoms with Gasteiger partial charge in [0, 0.05) is 29.3 Å². The van der Waals surface area contributed by atoms with Crippen LogP contribution in [0.1, 0.15) is 39.2 Å². The summed E-state index contributed by atoms with van der Waals surface area (Å²) in [6.45, 7) is 7.20. The number of carbonyl (C=O) groups is 1. The van der Waals surface area contributed by atoms with E-state index < -0.39 is 29.2 Å². The molecule has 25 heavy (non-hydrogen) atoms. The van der Waals surface area contributed by atoms with Gasteiger partial charge in [0.25, 0.3) is 0 Å². The summed E-state index contributed by atoms with van der Waals surface area (Å²) in [5, 5.41) is 23.1. The molecule has 6 heteroatoms. The zero-order valence-corrected chi connectivity index (χ0v) is 15.1. The third kappa shape index (κ3) is 2.74. The molecule has 0 fully saturated rings. The maximum Gasteiger partial charge on any atom is 0.312 e. The molecule has 5 nitrogen and oxygen atoms in total. The van der Waals surface area contributed by atoms with E-state index in [0.29, 0.717) is 16.8 Å². The molecule has 0 bridgehead atoms. The lowest BCUT2D eigenvalue weighted by atomic mass is 9.57. The number of nitrogens with zero attached hydrogens (tertiary/aromatic N) is 1. The number of nitriles is 1. The smallest absolute Gasteiger partial charge is 0.312 e. The minimum absolute atomic E-state index is 0.242. The van der Waals surface area contributed by atoms with E-state index in [4.69, 9.17) is 4.74 Å². The van der Waals surface area contributed by atoms with Crippen LogP contribution in [0.5, 0.6) is 5.75 Å². The summed E-state index contributed by atoms with van der Waals surface area (Å²) in [7, 11) is 1.41. The largest absolute Gasteiger partial charge is 0.496 e. The molecule has 0 amide bonds. The second kappa shape index (κ2) is 6.75. The van der Waals surface area contributed by atoms with Crippen molar-refractivity contribution in [1.29, 1.82) is 5.26 Å². The van der Waals surface area contributed by atoms with E-state index in [1.165, 1.54) is 25.3 Å². The molecule has 0 saturated heterocycles. The van der Waals surface area contributed by atoms with E-state index in [1.54, 1.807) is 13.8 Å². The number of aliphatic carboxylic acids is 1.